The Bertz CT molecular complexity index is 327. The van der Waals surface area contributed by atoms with E-state index in [9.17, 15) is 0 Å². The third kappa shape index (κ3) is 5.70. The fourth-order valence-electron chi connectivity index (χ4n) is 3.97. The molecule has 1 atom stereocenters. The molecular weight excluding hydrogens is 290 g/mol. The number of rotatable bonds is 9. The van der Waals surface area contributed by atoms with Gasteiger partial charge in [-0.2, -0.15) is 0 Å². The largest absolute Gasteiger partial charge is 0.383 e. The zero-order valence-corrected chi connectivity index (χ0v) is 15.7. The molecule has 0 amide bonds. The van der Waals surface area contributed by atoms with Crippen LogP contribution in [0.1, 0.15) is 59.3 Å². The number of ether oxygens (including phenoxy) is 3. The lowest BCUT2D eigenvalue weighted by Crippen LogP contribution is -2.37. The summed E-state index contributed by atoms with van der Waals surface area (Å²) in [5.41, 5.74) is 0. The fourth-order valence-corrected chi connectivity index (χ4v) is 3.97. The van der Waals surface area contributed by atoms with Crippen molar-refractivity contribution in [2.75, 3.05) is 40.0 Å². The van der Waals surface area contributed by atoms with Crippen LogP contribution in [0.25, 0.3) is 0 Å². The highest BCUT2D eigenvalue weighted by Gasteiger charge is 2.44. The second kappa shape index (κ2) is 9.36. The molecule has 0 bridgehead atoms. The smallest absolute Gasteiger partial charge is 0.168 e. The van der Waals surface area contributed by atoms with Gasteiger partial charge in [-0.25, -0.2) is 0 Å². The molecule has 2 aliphatic rings. The number of hydrogen-bond donors (Lipinski definition) is 0. The molecule has 0 aromatic heterocycles. The summed E-state index contributed by atoms with van der Waals surface area (Å²) < 4.78 is 17.7. The first-order chi connectivity index (χ1) is 11.1. The number of methoxy groups -OCH3 is 1. The van der Waals surface area contributed by atoms with Crippen LogP contribution >= 0.6 is 0 Å². The first kappa shape index (κ1) is 19.2. The van der Waals surface area contributed by atoms with Crippen molar-refractivity contribution in [3.8, 4) is 0 Å². The van der Waals surface area contributed by atoms with Gasteiger partial charge in [-0.05, 0) is 44.1 Å². The Morgan fingerprint density at radius 1 is 1.17 bits per heavy atom. The van der Waals surface area contributed by atoms with Crippen LogP contribution in [0.2, 0.25) is 0 Å². The van der Waals surface area contributed by atoms with E-state index < -0.39 is 0 Å². The van der Waals surface area contributed by atoms with E-state index in [0.29, 0.717) is 0 Å². The highest BCUT2D eigenvalue weighted by molar-refractivity contribution is 4.86. The molecule has 1 saturated carbocycles. The van der Waals surface area contributed by atoms with Crippen molar-refractivity contribution < 1.29 is 14.2 Å². The lowest BCUT2D eigenvalue weighted by Gasteiger charge is -2.37. The Balaban J connectivity index is 1.72. The Morgan fingerprint density at radius 3 is 2.52 bits per heavy atom. The average Bonchev–Trinajstić information content (AvgIpc) is 2.93. The molecule has 0 aromatic rings. The topological polar surface area (TPSA) is 30.9 Å². The van der Waals surface area contributed by atoms with Crippen LogP contribution in [-0.4, -0.2) is 56.7 Å². The van der Waals surface area contributed by atoms with Crippen molar-refractivity contribution in [1.29, 1.82) is 0 Å². The minimum atomic E-state index is -0.252. The second-order valence-electron chi connectivity index (χ2n) is 7.67. The molecule has 0 radical (unpaired) electrons. The molecular formula is C19H37NO3. The van der Waals surface area contributed by atoms with Crippen molar-refractivity contribution in [2.45, 2.75) is 71.2 Å². The Morgan fingerprint density at radius 2 is 1.91 bits per heavy atom. The van der Waals surface area contributed by atoms with Crippen LogP contribution in [0.4, 0.5) is 0 Å². The van der Waals surface area contributed by atoms with E-state index in [1.165, 1.54) is 19.3 Å². The monoisotopic (exact) mass is 327 g/mol. The van der Waals surface area contributed by atoms with E-state index in [1.54, 1.807) is 7.11 Å². The van der Waals surface area contributed by atoms with Gasteiger partial charge in [-0.1, -0.05) is 20.8 Å². The maximum absolute atomic E-state index is 6.37. The predicted octanol–water partition coefficient (Wildman–Crippen LogP) is 3.69. The van der Waals surface area contributed by atoms with E-state index >= 15 is 0 Å². The standard InChI is InChI=1S/C19H37NO3/c1-5-11-20(13-14-21-4)12-8-18-15-22-19(23-18)9-6-17(7-10-19)16(2)3/h16-18H,5-15H2,1-4H3. The molecule has 4 heteroatoms. The van der Waals surface area contributed by atoms with Gasteiger partial charge in [-0.15, -0.1) is 0 Å². The molecule has 23 heavy (non-hydrogen) atoms. The van der Waals surface area contributed by atoms with Gasteiger partial charge < -0.3 is 19.1 Å². The summed E-state index contributed by atoms with van der Waals surface area (Å²) in [6, 6.07) is 0. The normalized spacial score (nSPS) is 31.6. The van der Waals surface area contributed by atoms with E-state index in [-0.39, 0.29) is 11.9 Å². The van der Waals surface area contributed by atoms with Crippen LogP contribution in [0.15, 0.2) is 0 Å². The third-order valence-corrected chi connectivity index (χ3v) is 5.57. The molecule has 4 nitrogen and oxygen atoms in total. The minimum absolute atomic E-state index is 0.252. The first-order valence-electron chi connectivity index (χ1n) is 9.61. The summed E-state index contributed by atoms with van der Waals surface area (Å²) in [7, 11) is 1.77. The quantitative estimate of drug-likeness (QED) is 0.646. The molecule has 136 valence electrons. The van der Waals surface area contributed by atoms with Crippen molar-refractivity contribution in [1.82, 2.24) is 4.90 Å². The van der Waals surface area contributed by atoms with E-state index in [4.69, 9.17) is 14.2 Å². The summed E-state index contributed by atoms with van der Waals surface area (Å²) in [5.74, 6) is 1.38. The van der Waals surface area contributed by atoms with Crippen molar-refractivity contribution in [3.05, 3.63) is 0 Å². The molecule has 0 N–H and O–H groups in total. The maximum atomic E-state index is 6.37. The van der Waals surface area contributed by atoms with Gasteiger partial charge >= 0.3 is 0 Å². The predicted molar refractivity (Wildman–Crippen MR) is 93.6 cm³/mol. The average molecular weight is 328 g/mol. The van der Waals surface area contributed by atoms with Gasteiger partial charge in [-0.3, -0.25) is 0 Å². The van der Waals surface area contributed by atoms with Gasteiger partial charge in [0.25, 0.3) is 0 Å². The SMILES string of the molecule is CCCN(CCOC)CCC1COC2(CCC(C(C)C)CC2)O1. The van der Waals surface area contributed by atoms with Crippen molar-refractivity contribution >= 4 is 0 Å². The summed E-state index contributed by atoms with van der Waals surface area (Å²) >= 11 is 0. The van der Waals surface area contributed by atoms with Crippen molar-refractivity contribution in [2.24, 2.45) is 11.8 Å². The molecule has 1 heterocycles. The zero-order chi connectivity index (χ0) is 16.7. The van der Waals surface area contributed by atoms with E-state index in [2.05, 4.69) is 25.7 Å². The number of hydrogen-bond acceptors (Lipinski definition) is 4. The molecule has 2 rings (SSSR count). The van der Waals surface area contributed by atoms with Crippen molar-refractivity contribution in [3.63, 3.8) is 0 Å². The van der Waals surface area contributed by atoms with Crippen LogP contribution < -0.4 is 0 Å². The molecule has 1 aliphatic carbocycles. The summed E-state index contributed by atoms with van der Waals surface area (Å²) in [5, 5.41) is 0. The summed E-state index contributed by atoms with van der Waals surface area (Å²) in [4.78, 5) is 2.48. The van der Waals surface area contributed by atoms with Crippen LogP contribution in [-0.2, 0) is 14.2 Å². The Labute approximate surface area is 142 Å². The van der Waals surface area contributed by atoms with Crippen LogP contribution in [0.3, 0.4) is 0 Å². The third-order valence-electron chi connectivity index (χ3n) is 5.57. The summed E-state index contributed by atoms with van der Waals surface area (Å²) in [6.45, 7) is 11.7. The van der Waals surface area contributed by atoms with Gasteiger partial charge in [0.1, 0.15) is 0 Å². The van der Waals surface area contributed by atoms with Gasteiger partial charge in [0, 0.05) is 33.0 Å². The molecule has 0 aromatic carbocycles. The molecule has 1 saturated heterocycles. The van der Waals surface area contributed by atoms with Crippen LogP contribution in [0, 0.1) is 11.8 Å². The number of nitrogens with zero attached hydrogens (tertiary/aromatic N) is 1. The van der Waals surface area contributed by atoms with Gasteiger partial charge in [0.05, 0.1) is 19.3 Å². The Kier molecular flexibility index (Phi) is 7.80. The van der Waals surface area contributed by atoms with Crippen LogP contribution in [0.5, 0.6) is 0 Å². The lowest BCUT2D eigenvalue weighted by atomic mass is 9.79. The minimum Gasteiger partial charge on any atom is -0.383 e. The van der Waals surface area contributed by atoms with E-state index in [0.717, 1.165) is 63.9 Å². The zero-order valence-electron chi connectivity index (χ0n) is 15.7. The first-order valence-corrected chi connectivity index (χ1v) is 9.61. The molecule has 1 unspecified atom stereocenters. The highest BCUT2D eigenvalue weighted by Crippen LogP contribution is 2.42. The van der Waals surface area contributed by atoms with E-state index in [1.807, 2.05) is 0 Å². The summed E-state index contributed by atoms with van der Waals surface area (Å²) in [6.07, 6.45) is 7.18. The molecule has 2 fully saturated rings. The lowest BCUT2D eigenvalue weighted by molar-refractivity contribution is -0.194. The maximum Gasteiger partial charge on any atom is 0.168 e. The van der Waals surface area contributed by atoms with Gasteiger partial charge in [0.2, 0.25) is 0 Å². The van der Waals surface area contributed by atoms with Gasteiger partial charge in [0.15, 0.2) is 5.79 Å². The second-order valence-corrected chi connectivity index (χ2v) is 7.67. The fraction of sp³-hybridized carbons (Fsp3) is 1.00. The Hall–Kier alpha value is -0.160. The molecule has 1 aliphatic heterocycles. The molecule has 1 spiro atoms. The highest BCUT2D eigenvalue weighted by atomic mass is 16.7.